The highest BCUT2D eigenvalue weighted by Gasteiger charge is 2.28. The maximum Gasteiger partial charge on any atom is 0.342 e. The Morgan fingerprint density at radius 2 is 2.07 bits per heavy atom. The van der Waals surface area contributed by atoms with E-state index in [1.54, 1.807) is 18.4 Å². The number of ketones is 1. The number of para-hydroxylation sites is 1. The number of fused-ring (bicyclic) bond motifs is 1. The average molecular weight is 393 g/mol. The molecule has 5 nitrogen and oxygen atoms in total. The van der Waals surface area contributed by atoms with Crippen molar-refractivity contribution in [1.82, 2.24) is 4.90 Å². The maximum absolute atomic E-state index is 12.9. The first-order valence-corrected chi connectivity index (χ1v) is 10.4. The molecule has 152 valence electrons. The summed E-state index contributed by atoms with van der Waals surface area (Å²) in [5.74, 6) is 0.192. The van der Waals surface area contributed by atoms with Gasteiger partial charge < -0.3 is 9.47 Å². The molecule has 0 bridgehead atoms. The van der Waals surface area contributed by atoms with E-state index in [1.807, 2.05) is 37.3 Å². The number of benzene rings is 1. The van der Waals surface area contributed by atoms with Crippen LogP contribution in [0.3, 0.4) is 0 Å². The zero-order valence-corrected chi connectivity index (χ0v) is 16.8. The van der Waals surface area contributed by atoms with E-state index in [2.05, 4.69) is 4.90 Å². The van der Waals surface area contributed by atoms with Crippen molar-refractivity contribution >= 4 is 11.8 Å². The van der Waals surface area contributed by atoms with E-state index in [9.17, 15) is 9.59 Å². The first kappa shape index (κ1) is 19.6. The van der Waals surface area contributed by atoms with Gasteiger partial charge in [0, 0.05) is 5.92 Å². The number of nitrogens with zero attached hydrogens (tertiary/aromatic N) is 1. The van der Waals surface area contributed by atoms with Crippen LogP contribution in [-0.2, 0) is 16.0 Å². The number of carbonyl (C=O) groups is 2. The number of rotatable bonds is 5. The molecule has 0 N–H and O–H groups in total. The van der Waals surface area contributed by atoms with Crippen LogP contribution in [-0.4, -0.2) is 42.4 Å². The summed E-state index contributed by atoms with van der Waals surface area (Å²) >= 11 is 0. The van der Waals surface area contributed by atoms with Gasteiger partial charge in [0.1, 0.15) is 17.9 Å². The fraction of sp³-hybridized carbons (Fsp3) is 0.417. The van der Waals surface area contributed by atoms with Crippen LogP contribution in [0.5, 0.6) is 5.75 Å². The lowest BCUT2D eigenvalue weighted by molar-refractivity contribution is -0.116. The van der Waals surface area contributed by atoms with Crippen molar-refractivity contribution in [3.05, 3.63) is 65.5 Å². The number of allylic oxidation sites excluding steroid dienone is 3. The number of ether oxygens (including phenoxy) is 2. The van der Waals surface area contributed by atoms with E-state index in [-0.39, 0.29) is 30.3 Å². The van der Waals surface area contributed by atoms with Gasteiger partial charge in [0.15, 0.2) is 5.78 Å². The van der Waals surface area contributed by atoms with Crippen LogP contribution in [0.25, 0.3) is 0 Å². The predicted molar refractivity (Wildman–Crippen MR) is 111 cm³/mol. The summed E-state index contributed by atoms with van der Waals surface area (Å²) in [5, 5.41) is 0. The van der Waals surface area contributed by atoms with E-state index in [0.29, 0.717) is 11.3 Å². The maximum atomic E-state index is 12.9. The summed E-state index contributed by atoms with van der Waals surface area (Å²) in [6, 6.07) is 5.53. The van der Waals surface area contributed by atoms with Crippen molar-refractivity contribution in [3.63, 3.8) is 0 Å². The highest BCUT2D eigenvalue weighted by atomic mass is 16.5. The van der Waals surface area contributed by atoms with Crippen LogP contribution in [0.2, 0.25) is 0 Å². The third-order valence-corrected chi connectivity index (χ3v) is 5.86. The molecule has 0 aromatic heterocycles. The number of hydrogen-bond acceptors (Lipinski definition) is 5. The Labute approximate surface area is 171 Å². The van der Waals surface area contributed by atoms with Crippen LogP contribution in [0.1, 0.15) is 42.1 Å². The lowest BCUT2D eigenvalue weighted by Crippen LogP contribution is -2.43. The Morgan fingerprint density at radius 3 is 2.86 bits per heavy atom. The standard InChI is InChI=1S/C24H27NO4/c1-17-15-19(10-11-22(17)26)21(25-12-3-2-4-13-25)16-29-24(27)20-9-5-7-18-8-6-14-28-23(18)20/h5-7,9-11,14-15,17,21H,2-4,8,12-13,16H2,1H3. The summed E-state index contributed by atoms with van der Waals surface area (Å²) < 4.78 is 11.4. The minimum atomic E-state index is -0.372. The van der Waals surface area contributed by atoms with Gasteiger partial charge in [0.25, 0.3) is 0 Å². The molecule has 5 heteroatoms. The normalized spacial score (nSPS) is 22.4. The Kier molecular flexibility index (Phi) is 5.95. The van der Waals surface area contributed by atoms with Crippen LogP contribution < -0.4 is 4.74 Å². The molecule has 2 heterocycles. The largest absolute Gasteiger partial charge is 0.464 e. The van der Waals surface area contributed by atoms with Gasteiger partial charge in [-0.25, -0.2) is 4.79 Å². The SMILES string of the molecule is CC1C=C(C(COC(=O)c2cccc3c2OC=CC3)N2CCCCC2)C=CC1=O. The number of piperidine rings is 1. The van der Waals surface area contributed by atoms with E-state index >= 15 is 0 Å². The molecular weight excluding hydrogens is 366 g/mol. The summed E-state index contributed by atoms with van der Waals surface area (Å²) in [6.07, 6.45) is 13.3. The van der Waals surface area contributed by atoms with Gasteiger partial charge in [-0.15, -0.1) is 0 Å². The highest BCUT2D eigenvalue weighted by molar-refractivity contribution is 5.95. The predicted octanol–water partition coefficient (Wildman–Crippen LogP) is 3.85. The Morgan fingerprint density at radius 1 is 1.24 bits per heavy atom. The fourth-order valence-electron chi connectivity index (χ4n) is 4.19. The second-order valence-corrected chi connectivity index (χ2v) is 7.89. The van der Waals surface area contributed by atoms with Crippen LogP contribution in [0.4, 0.5) is 0 Å². The molecule has 0 radical (unpaired) electrons. The number of likely N-dealkylation sites (tertiary alicyclic amines) is 1. The summed E-state index contributed by atoms with van der Waals surface area (Å²) in [7, 11) is 0. The molecule has 1 saturated heterocycles. The smallest absolute Gasteiger partial charge is 0.342 e. The quantitative estimate of drug-likeness (QED) is 0.712. The molecule has 2 atom stereocenters. The summed E-state index contributed by atoms with van der Waals surface area (Å²) in [5.41, 5.74) is 2.50. The number of carbonyl (C=O) groups excluding carboxylic acids is 2. The monoisotopic (exact) mass is 393 g/mol. The molecule has 1 aromatic rings. The molecule has 4 rings (SSSR count). The minimum absolute atomic E-state index is 0.0357. The number of hydrogen-bond donors (Lipinski definition) is 0. The van der Waals surface area contributed by atoms with Crippen LogP contribution >= 0.6 is 0 Å². The van der Waals surface area contributed by atoms with E-state index in [1.165, 1.54) is 6.42 Å². The molecule has 1 aliphatic carbocycles. The fourth-order valence-corrected chi connectivity index (χ4v) is 4.19. The molecule has 29 heavy (non-hydrogen) atoms. The topological polar surface area (TPSA) is 55.8 Å². The van der Waals surface area contributed by atoms with Crippen LogP contribution in [0.15, 0.2) is 54.3 Å². The van der Waals surface area contributed by atoms with Gasteiger partial charge in [-0.3, -0.25) is 9.69 Å². The Balaban J connectivity index is 1.51. The second-order valence-electron chi connectivity index (χ2n) is 7.89. The van der Waals surface area contributed by atoms with Crippen molar-refractivity contribution in [2.24, 2.45) is 5.92 Å². The van der Waals surface area contributed by atoms with Gasteiger partial charge in [-0.05, 0) is 61.7 Å². The molecule has 0 saturated carbocycles. The van der Waals surface area contributed by atoms with Crippen molar-refractivity contribution in [1.29, 1.82) is 0 Å². The van der Waals surface area contributed by atoms with Gasteiger partial charge in [0.05, 0.1) is 12.3 Å². The lowest BCUT2D eigenvalue weighted by atomic mass is 9.91. The first-order valence-electron chi connectivity index (χ1n) is 10.4. The van der Waals surface area contributed by atoms with E-state index in [0.717, 1.165) is 43.5 Å². The number of esters is 1. The van der Waals surface area contributed by atoms with Gasteiger partial charge in [-0.1, -0.05) is 37.6 Å². The molecule has 1 aromatic carbocycles. The molecule has 2 aliphatic heterocycles. The van der Waals surface area contributed by atoms with E-state index < -0.39 is 0 Å². The molecule has 3 aliphatic rings. The molecule has 0 amide bonds. The van der Waals surface area contributed by atoms with E-state index in [4.69, 9.17) is 9.47 Å². The highest BCUT2D eigenvalue weighted by Crippen LogP contribution is 2.29. The lowest BCUT2D eigenvalue weighted by Gasteiger charge is -2.35. The Bertz CT molecular complexity index is 877. The third kappa shape index (κ3) is 4.35. The average Bonchev–Trinajstić information content (AvgIpc) is 2.76. The summed E-state index contributed by atoms with van der Waals surface area (Å²) in [4.78, 5) is 27.1. The second kappa shape index (κ2) is 8.78. The van der Waals surface area contributed by atoms with Crippen LogP contribution in [0, 0.1) is 5.92 Å². The van der Waals surface area contributed by atoms with Gasteiger partial charge in [-0.2, -0.15) is 0 Å². The zero-order chi connectivity index (χ0) is 20.2. The third-order valence-electron chi connectivity index (χ3n) is 5.86. The van der Waals surface area contributed by atoms with Crippen molar-refractivity contribution in [2.45, 2.75) is 38.6 Å². The molecule has 2 unspecified atom stereocenters. The Hall–Kier alpha value is -2.66. The molecule has 0 spiro atoms. The molecule has 1 fully saturated rings. The molecular formula is C24H27NO4. The van der Waals surface area contributed by atoms with Gasteiger partial charge in [0.2, 0.25) is 0 Å². The summed E-state index contributed by atoms with van der Waals surface area (Å²) in [6.45, 7) is 4.12. The van der Waals surface area contributed by atoms with Crippen molar-refractivity contribution in [2.75, 3.05) is 19.7 Å². The van der Waals surface area contributed by atoms with Crippen molar-refractivity contribution < 1.29 is 19.1 Å². The zero-order valence-electron chi connectivity index (χ0n) is 16.8. The van der Waals surface area contributed by atoms with Crippen molar-refractivity contribution in [3.8, 4) is 5.75 Å². The minimum Gasteiger partial charge on any atom is -0.464 e. The van der Waals surface area contributed by atoms with Gasteiger partial charge >= 0.3 is 5.97 Å². The first-order chi connectivity index (χ1) is 14.1.